The first-order valence-corrected chi connectivity index (χ1v) is 8.63. The van der Waals surface area contributed by atoms with E-state index in [4.69, 9.17) is 16.7 Å². The van der Waals surface area contributed by atoms with Gasteiger partial charge in [-0.15, -0.1) is 10.2 Å². The SMILES string of the molecule is CC(O)CNc1ccc(S(=O)(=O)Cc2ccc(Cl)cc2)nn1. The molecule has 1 aromatic carbocycles. The fourth-order valence-electron chi connectivity index (χ4n) is 1.71. The van der Waals surface area contributed by atoms with E-state index in [2.05, 4.69) is 15.5 Å². The number of anilines is 1. The largest absolute Gasteiger partial charge is 0.392 e. The molecular weight excluding hydrogens is 326 g/mol. The summed E-state index contributed by atoms with van der Waals surface area (Å²) in [6, 6.07) is 9.51. The Labute approximate surface area is 134 Å². The van der Waals surface area contributed by atoms with Gasteiger partial charge in [-0.25, -0.2) is 8.42 Å². The molecular formula is C14H16ClN3O3S. The van der Waals surface area contributed by atoms with Gasteiger partial charge < -0.3 is 10.4 Å². The van der Waals surface area contributed by atoms with Crippen LogP contribution in [0.3, 0.4) is 0 Å². The summed E-state index contributed by atoms with van der Waals surface area (Å²) < 4.78 is 24.5. The summed E-state index contributed by atoms with van der Waals surface area (Å²) in [5.74, 6) is 0.241. The third-order valence-corrected chi connectivity index (χ3v) is 4.63. The number of benzene rings is 1. The molecule has 0 aliphatic carbocycles. The van der Waals surface area contributed by atoms with E-state index in [-0.39, 0.29) is 10.8 Å². The summed E-state index contributed by atoms with van der Waals surface area (Å²) >= 11 is 5.77. The Hall–Kier alpha value is -1.70. The van der Waals surface area contributed by atoms with E-state index in [1.54, 1.807) is 31.2 Å². The standard InChI is InChI=1S/C14H16ClN3O3S/c1-10(19)8-16-13-6-7-14(18-17-13)22(20,21)9-11-2-4-12(15)5-3-11/h2-7,10,19H,8-9H2,1H3,(H,16,17). The number of aliphatic hydroxyl groups is 1. The van der Waals surface area contributed by atoms with Crippen LogP contribution in [-0.2, 0) is 15.6 Å². The predicted octanol–water partition coefficient (Wildman–Crippen LogP) is 1.90. The molecule has 0 aliphatic heterocycles. The molecule has 0 fully saturated rings. The maximum absolute atomic E-state index is 12.3. The maximum Gasteiger partial charge on any atom is 0.201 e. The van der Waals surface area contributed by atoms with Crippen LogP contribution in [0.1, 0.15) is 12.5 Å². The van der Waals surface area contributed by atoms with Crippen molar-refractivity contribution >= 4 is 27.3 Å². The van der Waals surface area contributed by atoms with Crippen LogP contribution in [0.2, 0.25) is 5.02 Å². The van der Waals surface area contributed by atoms with Gasteiger partial charge in [0.1, 0.15) is 5.82 Å². The number of aliphatic hydroxyl groups excluding tert-OH is 1. The number of hydrogen-bond donors (Lipinski definition) is 2. The molecule has 0 aliphatic rings. The summed E-state index contributed by atoms with van der Waals surface area (Å²) in [5.41, 5.74) is 0.627. The third-order valence-electron chi connectivity index (χ3n) is 2.81. The molecule has 118 valence electrons. The fraction of sp³-hybridized carbons (Fsp3) is 0.286. The molecule has 1 unspecified atom stereocenters. The van der Waals surface area contributed by atoms with E-state index in [1.807, 2.05) is 0 Å². The van der Waals surface area contributed by atoms with E-state index in [1.165, 1.54) is 12.1 Å². The first kappa shape index (κ1) is 16.7. The zero-order chi connectivity index (χ0) is 16.2. The van der Waals surface area contributed by atoms with E-state index >= 15 is 0 Å². The third kappa shape index (κ3) is 4.66. The molecule has 1 atom stereocenters. The van der Waals surface area contributed by atoms with E-state index in [0.29, 0.717) is 22.9 Å². The molecule has 0 bridgehead atoms. The number of rotatable bonds is 6. The molecule has 6 nitrogen and oxygen atoms in total. The van der Waals surface area contributed by atoms with Gasteiger partial charge in [-0.3, -0.25) is 0 Å². The molecule has 2 rings (SSSR count). The van der Waals surface area contributed by atoms with Gasteiger partial charge in [-0.2, -0.15) is 0 Å². The van der Waals surface area contributed by atoms with Crippen molar-refractivity contribution in [2.24, 2.45) is 0 Å². The molecule has 1 heterocycles. The van der Waals surface area contributed by atoms with Crippen LogP contribution < -0.4 is 5.32 Å². The molecule has 0 radical (unpaired) electrons. The second kappa shape index (κ2) is 7.04. The summed E-state index contributed by atoms with van der Waals surface area (Å²) in [4.78, 5) is 0. The normalized spacial score (nSPS) is 12.9. The van der Waals surface area contributed by atoms with Gasteiger partial charge in [0.2, 0.25) is 9.84 Å². The van der Waals surface area contributed by atoms with Crippen molar-refractivity contribution in [3.8, 4) is 0 Å². The number of nitrogens with zero attached hydrogens (tertiary/aromatic N) is 2. The number of sulfone groups is 1. The summed E-state index contributed by atoms with van der Waals surface area (Å²) in [6.45, 7) is 1.94. The Morgan fingerprint density at radius 1 is 1.18 bits per heavy atom. The summed E-state index contributed by atoms with van der Waals surface area (Å²) in [7, 11) is -3.57. The minimum Gasteiger partial charge on any atom is -0.392 e. The summed E-state index contributed by atoms with van der Waals surface area (Å²) in [5, 5.41) is 20.0. The Morgan fingerprint density at radius 3 is 2.41 bits per heavy atom. The quantitative estimate of drug-likeness (QED) is 0.833. The van der Waals surface area contributed by atoms with Gasteiger partial charge in [0.15, 0.2) is 5.03 Å². The van der Waals surface area contributed by atoms with Crippen molar-refractivity contribution in [3.63, 3.8) is 0 Å². The van der Waals surface area contributed by atoms with Crippen LogP contribution in [0.25, 0.3) is 0 Å². The molecule has 2 aromatic rings. The van der Waals surface area contributed by atoms with E-state index < -0.39 is 15.9 Å². The second-order valence-corrected chi connectivity index (χ2v) is 7.25. The number of nitrogens with one attached hydrogen (secondary N) is 1. The van der Waals surface area contributed by atoms with Crippen molar-refractivity contribution in [1.29, 1.82) is 0 Å². The molecule has 0 spiro atoms. The number of aromatic nitrogens is 2. The van der Waals surface area contributed by atoms with E-state index in [0.717, 1.165) is 0 Å². The zero-order valence-electron chi connectivity index (χ0n) is 11.9. The van der Waals surface area contributed by atoms with Crippen molar-refractivity contribution in [2.45, 2.75) is 23.8 Å². The second-order valence-electron chi connectivity index (χ2n) is 4.87. The van der Waals surface area contributed by atoms with Crippen LogP contribution >= 0.6 is 11.6 Å². The van der Waals surface area contributed by atoms with Gasteiger partial charge in [0.25, 0.3) is 0 Å². The number of hydrogen-bond acceptors (Lipinski definition) is 6. The lowest BCUT2D eigenvalue weighted by Gasteiger charge is -2.08. The molecule has 0 saturated heterocycles. The minimum atomic E-state index is -3.57. The first-order valence-electron chi connectivity index (χ1n) is 6.60. The molecule has 1 aromatic heterocycles. The van der Waals surface area contributed by atoms with Gasteiger partial charge >= 0.3 is 0 Å². The molecule has 2 N–H and O–H groups in total. The molecule has 0 amide bonds. The van der Waals surface area contributed by atoms with Crippen molar-refractivity contribution in [3.05, 3.63) is 47.0 Å². The monoisotopic (exact) mass is 341 g/mol. The molecule has 8 heteroatoms. The topological polar surface area (TPSA) is 92.2 Å². The van der Waals surface area contributed by atoms with Gasteiger partial charge in [-0.05, 0) is 36.8 Å². The lowest BCUT2D eigenvalue weighted by Crippen LogP contribution is -2.16. The highest BCUT2D eigenvalue weighted by molar-refractivity contribution is 7.90. The van der Waals surface area contributed by atoms with Gasteiger partial charge in [0, 0.05) is 11.6 Å². The Balaban J connectivity index is 2.10. The van der Waals surface area contributed by atoms with Crippen molar-refractivity contribution < 1.29 is 13.5 Å². The number of halogens is 1. The van der Waals surface area contributed by atoms with Crippen LogP contribution in [0.5, 0.6) is 0 Å². The van der Waals surface area contributed by atoms with Crippen LogP contribution in [0.15, 0.2) is 41.4 Å². The van der Waals surface area contributed by atoms with Crippen molar-refractivity contribution in [1.82, 2.24) is 10.2 Å². The average Bonchev–Trinajstić information content (AvgIpc) is 2.48. The van der Waals surface area contributed by atoms with Crippen LogP contribution in [0, 0.1) is 0 Å². The van der Waals surface area contributed by atoms with Crippen LogP contribution in [0.4, 0.5) is 5.82 Å². The highest BCUT2D eigenvalue weighted by Gasteiger charge is 2.17. The molecule has 0 saturated carbocycles. The first-order chi connectivity index (χ1) is 10.4. The van der Waals surface area contributed by atoms with Gasteiger partial charge in [0.05, 0.1) is 11.9 Å². The average molecular weight is 342 g/mol. The molecule has 22 heavy (non-hydrogen) atoms. The Bertz CT molecular complexity index is 716. The fourth-order valence-corrected chi connectivity index (χ4v) is 3.05. The Morgan fingerprint density at radius 2 is 1.86 bits per heavy atom. The lowest BCUT2D eigenvalue weighted by atomic mass is 10.2. The lowest BCUT2D eigenvalue weighted by molar-refractivity contribution is 0.208. The smallest absolute Gasteiger partial charge is 0.201 e. The van der Waals surface area contributed by atoms with E-state index in [9.17, 15) is 8.42 Å². The highest BCUT2D eigenvalue weighted by Crippen LogP contribution is 2.17. The minimum absolute atomic E-state index is 0.0925. The maximum atomic E-state index is 12.3. The van der Waals surface area contributed by atoms with Crippen molar-refractivity contribution in [2.75, 3.05) is 11.9 Å². The Kier molecular flexibility index (Phi) is 5.33. The zero-order valence-corrected chi connectivity index (χ0v) is 13.5. The highest BCUT2D eigenvalue weighted by atomic mass is 35.5. The van der Waals surface area contributed by atoms with Gasteiger partial charge in [-0.1, -0.05) is 23.7 Å². The summed E-state index contributed by atoms with van der Waals surface area (Å²) in [6.07, 6.45) is -0.532. The van der Waals surface area contributed by atoms with Crippen LogP contribution in [-0.4, -0.2) is 36.4 Å². The predicted molar refractivity (Wildman–Crippen MR) is 84.5 cm³/mol.